The number of amides is 1. The Morgan fingerprint density at radius 1 is 1.03 bits per heavy atom. The van der Waals surface area contributed by atoms with E-state index in [1.54, 1.807) is 12.1 Å². The molecule has 6 heteroatoms. The van der Waals surface area contributed by atoms with Crippen LogP contribution in [0.3, 0.4) is 0 Å². The van der Waals surface area contributed by atoms with E-state index < -0.39 is 0 Å². The topological polar surface area (TPSA) is 75.5 Å². The highest BCUT2D eigenvalue weighted by molar-refractivity contribution is 6.02. The van der Waals surface area contributed by atoms with Crippen LogP contribution in [0.25, 0.3) is 0 Å². The second-order valence-corrected chi connectivity index (χ2v) is 7.50. The number of nitrogens with one attached hydrogen (secondary N) is 1. The molecule has 5 rings (SSSR count). The lowest BCUT2D eigenvalue weighted by Crippen LogP contribution is -2.57. The fraction of sp³-hybridized carbons (Fsp3) is 0.174. The van der Waals surface area contributed by atoms with Crippen molar-refractivity contribution >= 4 is 17.3 Å². The van der Waals surface area contributed by atoms with Crippen molar-refractivity contribution in [1.29, 1.82) is 0 Å². The van der Waals surface area contributed by atoms with Crippen LogP contribution in [-0.2, 0) is 13.0 Å². The summed E-state index contributed by atoms with van der Waals surface area (Å²) in [6.07, 6.45) is 0.397. The number of fused-ring (bicyclic) bond motifs is 4. The molecule has 1 amide bonds. The molecule has 29 heavy (non-hydrogen) atoms. The first-order chi connectivity index (χ1) is 14.1. The van der Waals surface area contributed by atoms with Crippen molar-refractivity contribution in [2.75, 3.05) is 4.90 Å². The summed E-state index contributed by atoms with van der Waals surface area (Å²) < 4.78 is 0. The van der Waals surface area contributed by atoms with Gasteiger partial charge < -0.3 is 10.2 Å². The van der Waals surface area contributed by atoms with E-state index in [-0.39, 0.29) is 28.6 Å². The van der Waals surface area contributed by atoms with Gasteiger partial charge >= 0.3 is 0 Å². The Hall–Kier alpha value is -3.67. The van der Waals surface area contributed by atoms with Crippen LogP contribution in [0.4, 0.5) is 11.4 Å². The molecule has 6 nitrogen and oxygen atoms in total. The van der Waals surface area contributed by atoms with E-state index in [0.29, 0.717) is 18.5 Å². The SMILES string of the molecule is O=C1N[C@H]2[C@@H](Cc3cccc([N+](=O)[O-])c3)c3ccccc3CN2c2ccccc21. The molecule has 3 aromatic carbocycles. The highest BCUT2D eigenvalue weighted by Gasteiger charge is 2.40. The molecule has 2 aliphatic rings. The Balaban J connectivity index is 1.59. The average molecular weight is 385 g/mol. The number of rotatable bonds is 3. The highest BCUT2D eigenvalue weighted by atomic mass is 16.6. The number of hydrogen-bond acceptors (Lipinski definition) is 4. The highest BCUT2D eigenvalue weighted by Crippen LogP contribution is 2.40. The van der Waals surface area contributed by atoms with E-state index in [1.807, 2.05) is 42.5 Å². The van der Waals surface area contributed by atoms with Crippen LogP contribution >= 0.6 is 0 Å². The Morgan fingerprint density at radius 2 is 1.83 bits per heavy atom. The van der Waals surface area contributed by atoms with E-state index in [1.165, 1.54) is 17.2 Å². The van der Waals surface area contributed by atoms with Crippen molar-refractivity contribution in [1.82, 2.24) is 5.32 Å². The molecule has 0 aromatic heterocycles. The smallest absolute Gasteiger partial charge is 0.269 e. The quantitative estimate of drug-likeness (QED) is 0.546. The maximum Gasteiger partial charge on any atom is 0.269 e. The van der Waals surface area contributed by atoms with Crippen molar-refractivity contribution in [2.24, 2.45) is 0 Å². The van der Waals surface area contributed by atoms with E-state index >= 15 is 0 Å². The summed E-state index contributed by atoms with van der Waals surface area (Å²) in [5, 5.41) is 14.4. The summed E-state index contributed by atoms with van der Waals surface area (Å²) in [4.78, 5) is 25.8. The molecule has 1 N–H and O–H groups in total. The number of carbonyl (C=O) groups excluding carboxylic acids is 1. The largest absolute Gasteiger partial charge is 0.346 e. The van der Waals surface area contributed by atoms with E-state index in [0.717, 1.165) is 11.3 Å². The molecule has 0 saturated carbocycles. The molecule has 2 atom stereocenters. The van der Waals surface area contributed by atoms with Crippen molar-refractivity contribution in [3.63, 3.8) is 0 Å². The van der Waals surface area contributed by atoms with E-state index in [9.17, 15) is 14.9 Å². The Labute approximate surface area is 167 Å². The molecule has 0 radical (unpaired) electrons. The van der Waals surface area contributed by atoms with Gasteiger partial charge in [-0.15, -0.1) is 0 Å². The van der Waals surface area contributed by atoms with Crippen LogP contribution in [0, 0.1) is 10.1 Å². The second-order valence-electron chi connectivity index (χ2n) is 7.50. The zero-order valence-corrected chi connectivity index (χ0v) is 15.6. The molecular weight excluding hydrogens is 366 g/mol. The van der Waals surface area contributed by atoms with Crippen LogP contribution in [0.1, 0.15) is 33.0 Å². The van der Waals surface area contributed by atoms with Crippen molar-refractivity contribution < 1.29 is 9.72 Å². The van der Waals surface area contributed by atoms with Crippen LogP contribution in [0.2, 0.25) is 0 Å². The van der Waals surface area contributed by atoms with Crippen LogP contribution in [0.15, 0.2) is 72.8 Å². The van der Waals surface area contributed by atoms with Gasteiger partial charge in [0.05, 0.1) is 16.2 Å². The first-order valence-corrected chi connectivity index (χ1v) is 9.59. The summed E-state index contributed by atoms with van der Waals surface area (Å²) in [6, 6.07) is 22.7. The number of para-hydroxylation sites is 1. The molecule has 0 spiro atoms. The van der Waals surface area contributed by atoms with Gasteiger partial charge in [0.2, 0.25) is 0 Å². The van der Waals surface area contributed by atoms with Crippen molar-refractivity contribution in [2.45, 2.75) is 25.0 Å². The maximum atomic E-state index is 12.8. The lowest BCUT2D eigenvalue weighted by molar-refractivity contribution is -0.384. The van der Waals surface area contributed by atoms with Crippen LogP contribution < -0.4 is 10.2 Å². The first kappa shape index (κ1) is 17.4. The van der Waals surface area contributed by atoms with Gasteiger partial charge in [-0.05, 0) is 35.2 Å². The minimum Gasteiger partial charge on any atom is -0.346 e. The number of nitro benzene ring substituents is 1. The molecule has 144 valence electrons. The van der Waals surface area contributed by atoms with Crippen molar-refractivity contribution in [3.8, 4) is 0 Å². The number of anilines is 1. The summed E-state index contributed by atoms with van der Waals surface area (Å²) in [5.41, 5.74) is 4.97. The number of benzene rings is 3. The predicted octanol–water partition coefficient (Wildman–Crippen LogP) is 4.01. The minimum absolute atomic E-state index is 0.0146. The molecule has 0 fully saturated rings. The number of nitrogens with zero attached hydrogens (tertiary/aromatic N) is 2. The van der Waals surface area contributed by atoms with Gasteiger partial charge in [0, 0.05) is 24.6 Å². The number of carbonyl (C=O) groups is 1. The van der Waals surface area contributed by atoms with Gasteiger partial charge in [0.25, 0.3) is 11.6 Å². The van der Waals surface area contributed by atoms with E-state index in [4.69, 9.17) is 0 Å². The monoisotopic (exact) mass is 385 g/mol. The van der Waals surface area contributed by atoms with Gasteiger partial charge in [-0.2, -0.15) is 0 Å². The predicted molar refractivity (Wildman–Crippen MR) is 110 cm³/mol. The molecule has 3 aromatic rings. The zero-order valence-electron chi connectivity index (χ0n) is 15.6. The maximum absolute atomic E-state index is 12.8. The van der Waals surface area contributed by atoms with Gasteiger partial charge in [-0.3, -0.25) is 14.9 Å². The zero-order chi connectivity index (χ0) is 20.0. The number of hydrogen-bond donors (Lipinski definition) is 1. The van der Waals surface area contributed by atoms with Crippen LogP contribution in [0.5, 0.6) is 0 Å². The van der Waals surface area contributed by atoms with Crippen LogP contribution in [-0.4, -0.2) is 17.0 Å². The fourth-order valence-corrected chi connectivity index (χ4v) is 4.52. The molecule has 0 bridgehead atoms. The third-order valence-corrected chi connectivity index (χ3v) is 5.83. The Morgan fingerprint density at radius 3 is 2.69 bits per heavy atom. The third kappa shape index (κ3) is 2.93. The van der Waals surface area contributed by atoms with Gasteiger partial charge in [-0.25, -0.2) is 0 Å². The lowest BCUT2D eigenvalue weighted by atomic mass is 9.81. The lowest BCUT2D eigenvalue weighted by Gasteiger charge is -2.47. The molecule has 0 aliphatic carbocycles. The van der Waals surface area contributed by atoms with Gasteiger partial charge in [0.1, 0.15) is 6.17 Å². The average Bonchev–Trinajstić information content (AvgIpc) is 2.75. The van der Waals surface area contributed by atoms with E-state index in [2.05, 4.69) is 22.3 Å². The second kappa shape index (κ2) is 6.74. The Kier molecular flexibility index (Phi) is 4.05. The molecular formula is C23H19N3O3. The standard InChI is InChI=1S/C23H19N3O3/c27-23-19-10-3-4-11-21(19)25-14-16-7-1-2-9-18(16)20(22(25)24-23)13-15-6-5-8-17(12-15)26(28)29/h1-12,20,22H,13-14H2,(H,24,27)/t20-,22+/m0/s1. The Bertz CT molecular complexity index is 1130. The summed E-state index contributed by atoms with van der Waals surface area (Å²) in [7, 11) is 0. The molecule has 2 heterocycles. The first-order valence-electron chi connectivity index (χ1n) is 9.59. The van der Waals surface area contributed by atoms with Gasteiger partial charge in [0.15, 0.2) is 0 Å². The summed E-state index contributed by atoms with van der Waals surface area (Å²) >= 11 is 0. The van der Waals surface area contributed by atoms with Crippen molar-refractivity contribution in [3.05, 3.63) is 105 Å². The third-order valence-electron chi connectivity index (χ3n) is 5.83. The normalized spacial score (nSPS) is 19.6. The fourth-order valence-electron chi connectivity index (χ4n) is 4.52. The summed E-state index contributed by atoms with van der Waals surface area (Å²) in [6.45, 7) is 0.712. The molecule has 2 aliphatic heterocycles. The number of non-ortho nitro benzene ring substituents is 1. The number of nitro groups is 1. The minimum atomic E-state index is -0.372. The molecule has 0 unspecified atom stereocenters. The molecule has 0 saturated heterocycles. The summed E-state index contributed by atoms with van der Waals surface area (Å²) in [5.74, 6) is -0.0930. The van der Waals surface area contributed by atoms with Gasteiger partial charge in [-0.1, -0.05) is 48.5 Å².